The first-order valence-electron chi connectivity index (χ1n) is 9.37. The van der Waals surface area contributed by atoms with Gasteiger partial charge < -0.3 is 14.8 Å². The third-order valence-electron chi connectivity index (χ3n) is 4.22. The number of amides is 1. The average Bonchev–Trinajstić information content (AvgIpc) is 2.69. The van der Waals surface area contributed by atoms with Crippen LogP contribution < -0.4 is 19.1 Å². The van der Waals surface area contributed by atoms with Gasteiger partial charge in [-0.2, -0.15) is 0 Å². The fraction of sp³-hybridized carbons (Fsp3) is 0.381. The zero-order valence-electron chi connectivity index (χ0n) is 17.1. The van der Waals surface area contributed by atoms with Crippen molar-refractivity contribution in [2.45, 2.75) is 19.8 Å². The number of benzene rings is 2. The first-order valence-corrected chi connectivity index (χ1v) is 11.2. The van der Waals surface area contributed by atoms with E-state index in [-0.39, 0.29) is 18.9 Å². The Labute approximate surface area is 172 Å². The number of methoxy groups -OCH3 is 1. The number of aryl methyl sites for hydroxylation is 1. The molecule has 0 fully saturated rings. The lowest BCUT2D eigenvalue weighted by Crippen LogP contribution is -2.32. The summed E-state index contributed by atoms with van der Waals surface area (Å²) in [6.45, 7) is 2.97. The molecule has 0 radical (unpaired) electrons. The molecule has 0 bridgehead atoms. The van der Waals surface area contributed by atoms with Crippen molar-refractivity contribution < 1.29 is 22.7 Å². The maximum atomic E-state index is 12.1. The van der Waals surface area contributed by atoms with Gasteiger partial charge in [-0.15, -0.1) is 0 Å². The number of carbonyl (C=O) groups is 1. The lowest BCUT2D eigenvalue weighted by atomic mass is 10.2. The number of sulfonamides is 1. The van der Waals surface area contributed by atoms with E-state index in [9.17, 15) is 13.2 Å². The summed E-state index contributed by atoms with van der Waals surface area (Å²) in [6, 6.07) is 14.5. The average molecular weight is 421 g/mol. The largest absolute Gasteiger partial charge is 0.497 e. The fourth-order valence-electron chi connectivity index (χ4n) is 2.72. The number of nitrogens with zero attached hydrogens (tertiary/aromatic N) is 1. The molecule has 2 rings (SSSR count). The van der Waals surface area contributed by atoms with Crippen LogP contribution in [0.2, 0.25) is 0 Å². The second kappa shape index (κ2) is 10.7. The molecule has 0 atom stereocenters. The second-order valence-electron chi connectivity index (χ2n) is 6.65. The van der Waals surface area contributed by atoms with Gasteiger partial charge in [-0.3, -0.25) is 9.10 Å². The van der Waals surface area contributed by atoms with Crippen molar-refractivity contribution >= 4 is 21.6 Å². The lowest BCUT2D eigenvalue weighted by molar-refractivity contribution is -0.121. The molecule has 0 aliphatic heterocycles. The van der Waals surface area contributed by atoms with Gasteiger partial charge in [0.1, 0.15) is 18.1 Å². The number of rotatable bonds is 11. The summed E-state index contributed by atoms with van der Waals surface area (Å²) in [7, 11) is -1.94. The molecule has 0 heterocycles. The Morgan fingerprint density at radius 2 is 1.83 bits per heavy atom. The summed E-state index contributed by atoms with van der Waals surface area (Å²) >= 11 is 0. The standard InChI is InChI=1S/C21H28N2O5S/c1-17-9-11-19(12-10-17)28-15-13-22-21(24)8-5-14-23(29(3,25)26)18-6-4-7-20(16-18)27-2/h4,6-7,9-12,16H,5,8,13-15H2,1-3H3,(H,22,24). The molecule has 0 aliphatic carbocycles. The van der Waals surface area contributed by atoms with Gasteiger partial charge in [0.25, 0.3) is 0 Å². The van der Waals surface area contributed by atoms with Crippen LogP contribution in [0.5, 0.6) is 11.5 Å². The van der Waals surface area contributed by atoms with Crippen LogP contribution in [0.15, 0.2) is 48.5 Å². The molecule has 158 valence electrons. The van der Waals surface area contributed by atoms with Crippen LogP contribution in [0.4, 0.5) is 5.69 Å². The fourth-order valence-corrected chi connectivity index (χ4v) is 3.67. The van der Waals surface area contributed by atoms with Gasteiger partial charge in [-0.25, -0.2) is 8.42 Å². The van der Waals surface area contributed by atoms with Crippen LogP contribution in [-0.4, -0.2) is 47.4 Å². The van der Waals surface area contributed by atoms with E-state index < -0.39 is 10.0 Å². The van der Waals surface area contributed by atoms with E-state index in [0.29, 0.717) is 31.0 Å². The van der Waals surface area contributed by atoms with Crippen molar-refractivity contribution in [3.8, 4) is 11.5 Å². The third kappa shape index (κ3) is 7.65. The monoisotopic (exact) mass is 420 g/mol. The maximum absolute atomic E-state index is 12.1. The lowest BCUT2D eigenvalue weighted by Gasteiger charge is -2.22. The highest BCUT2D eigenvalue weighted by molar-refractivity contribution is 7.92. The van der Waals surface area contributed by atoms with Crippen LogP contribution in [-0.2, 0) is 14.8 Å². The Morgan fingerprint density at radius 1 is 1.10 bits per heavy atom. The number of anilines is 1. The summed E-state index contributed by atoms with van der Waals surface area (Å²) in [4.78, 5) is 12.0. The number of hydrogen-bond acceptors (Lipinski definition) is 5. The smallest absolute Gasteiger partial charge is 0.232 e. The van der Waals surface area contributed by atoms with Crippen LogP contribution in [0.3, 0.4) is 0 Å². The number of carbonyl (C=O) groups excluding carboxylic acids is 1. The molecule has 0 aromatic heterocycles. The summed E-state index contributed by atoms with van der Waals surface area (Å²) in [5, 5.41) is 2.78. The first kappa shape index (κ1) is 22.5. The van der Waals surface area contributed by atoms with Crippen molar-refractivity contribution in [2.75, 3.05) is 37.4 Å². The molecule has 2 aromatic rings. The summed E-state index contributed by atoms with van der Waals surface area (Å²) in [5.74, 6) is 1.19. The van der Waals surface area contributed by atoms with Gasteiger partial charge in [0.05, 0.1) is 25.6 Å². The molecule has 0 saturated carbocycles. The Morgan fingerprint density at radius 3 is 2.48 bits per heavy atom. The minimum atomic E-state index is -3.47. The predicted molar refractivity (Wildman–Crippen MR) is 114 cm³/mol. The summed E-state index contributed by atoms with van der Waals surface area (Å²) in [6.07, 6.45) is 1.77. The highest BCUT2D eigenvalue weighted by Gasteiger charge is 2.18. The van der Waals surface area contributed by atoms with E-state index in [1.165, 1.54) is 11.4 Å². The predicted octanol–water partition coefficient (Wildman–Crippen LogP) is 2.75. The quantitative estimate of drug-likeness (QED) is 0.565. The van der Waals surface area contributed by atoms with Gasteiger partial charge in [-0.05, 0) is 37.6 Å². The van der Waals surface area contributed by atoms with Crippen molar-refractivity contribution in [3.63, 3.8) is 0 Å². The minimum absolute atomic E-state index is 0.142. The SMILES string of the molecule is COc1cccc(N(CCCC(=O)NCCOc2ccc(C)cc2)S(C)(=O)=O)c1. The summed E-state index contributed by atoms with van der Waals surface area (Å²) in [5.41, 5.74) is 1.67. The minimum Gasteiger partial charge on any atom is -0.497 e. The number of ether oxygens (including phenoxy) is 2. The van der Waals surface area contributed by atoms with E-state index in [1.54, 1.807) is 24.3 Å². The first-order chi connectivity index (χ1) is 13.8. The molecule has 2 aromatic carbocycles. The maximum Gasteiger partial charge on any atom is 0.232 e. The Bertz CT molecular complexity index is 898. The van der Waals surface area contributed by atoms with Gasteiger partial charge in [0.2, 0.25) is 15.9 Å². The van der Waals surface area contributed by atoms with Crippen molar-refractivity contribution in [1.82, 2.24) is 5.32 Å². The molecule has 0 aliphatic rings. The van der Waals surface area contributed by atoms with E-state index in [2.05, 4.69) is 5.32 Å². The van der Waals surface area contributed by atoms with E-state index in [4.69, 9.17) is 9.47 Å². The molecule has 0 spiro atoms. The normalized spacial score (nSPS) is 11.0. The van der Waals surface area contributed by atoms with Crippen LogP contribution in [0.1, 0.15) is 18.4 Å². The number of hydrogen-bond donors (Lipinski definition) is 1. The molecule has 7 nitrogen and oxygen atoms in total. The highest BCUT2D eigenvalue weighted by Crippen LogP contribution is 2.23. The van der Waals surface area contributed by atoms with Crippen LogP contribution in [0, 0.1) is 6.92 Å². The third-order valence-corrected chi connectivity index (χ3v) is 5.41. The zero-order valence-corrected chi connectivity index (χ0v) is 17.9. The molecule has 29 heavy (non-hydrogen) atoms. The number of nitrogens with one attached hydrogen (secondary N) is 1. The molecular formula is C21H28N2O5S. The molecule has 8 heteroatoms. The highest BCUT2D eigenvalue weighted by atomic mass is 32.2. The summed E-state index contributed by atoms with van der Waals surface area (Å²) < 4.78 is 36.3. The van der Waals surface area contributed by atoms with E-state index in [1.807, 2.05) is 31.2 Å². The van der Waals surface area contributed by atoms with Crippen molar-refractivity contribution in [2.24, 2.45) is 0 Å². The van der Waals surface area contributed by atoms with Gasteiger partial charge in [0, 0.05) is 19.0 Å². The van der Waals surface area contributed by atoms with Gasteiger partial charge in [0.15, 0.2) is 0 Å². The van der Waals surface area contributed by atoms with Gasteiger partial charge >= 0.3 is 0 Å². The molecule has 0 unspecified atom stereocenters. The van der Waals surface area contributed by atoms with E-state index in [0.717, 1.165) is 17.6 Å². The van der Waals surface area contributed by atoms with Crippen LogP contribution >= 0.6 is 0 Å². The van der Waals surface area contributed by atoms with Crippen molar-refractivity contribution in [3.05, 3.63) is 54.1 Å². The zero-order chi connectivity index (χ0) is 21.3. The van der Waals surface area contributed by atoms with E-state index >= 15 is 0 Å². The van der Waals surface area contributed by atoms with Crippen molar-refractivity contribution in [1.29, 1.82) is 0 Å². The molecule has 1 N–H and O–H groups in total. The topological polar surface area (TPSA) is 84.9 Å². The Balaban J connectivity index is 1.76. The molecule has 0 saturated heterocycles. The Kier molecular flexibility index (Phi) is 8.33. The Hall–Kier alpha value is -2.74. The van der Waals surface area contributed by atoms with Gasteiger partial charge in [-0.1, -0.05) is 23.8 Å². The second-order valence-corrected chi connectivity index (χ2v) is 8.56. The van der Waals surface area contributed by atoms with Crippen LogP contribution in [0.25, 0.3) is 0 Å². The molecular weight excluding hydrogens is 392 g/mol. The molecule has 1 amide bonds.